The van der Waals surface area contributed by atoms with Crippen LogP contribution in [0.15, 0.2) is 72.8 Å². The van der Waals surface area contributed by atoms with E-state index in [0.717, 1.165) is 6.54 Å². The van der Waals surface area contributed by atoms with E-state index >= 15 is 0 Å². The van der Waals surface area contributed by atoms with Crippen LogP contribution >= 0.6 is 0 Å². The van der Waals surface area contributed by atoms with Crippen LogP contribution in [0.3, 0.4) is 0 Å². The Morgan fingerprint density at radius 1 is 0.577 bits per heavy atom. The molecule has 0 aliphatic rings. The fourth-order valence-electron chi connectivity index (χ4n) is 3.97. The van der Waals surface area contributed by atoms with Crippen molar-refractivity contribution in [1.82, 2.24) is 0 Å². The zero-order valence-electron chi connectivity index (χ0n) is 15.3. The highest BCUT2D eigenvalue weighted by atomic mass is 14.5. The minimum Gasteiger partial charge on any atom is -0.330 e. The van der Waals surface area contributed by atoms with E-state index in [1.807, 2.05) is 0 Å². The van der Waals surface area contributed by atoms with Crippen LogP contribution in [0.25, 0.3) is 43.1 Å². The van der Waals surface area contributed by atoms with E-state index < -0.39 is 0 Å². The molecule has 0 atom stereocenters. The van der Waals surface area contributed by atoms with Gasteiger partial charge >= 0.3 is 0 Å². The van der Waals surface area contributed by atoms with Crippen LogP contribution in [-0.2, 0) is 0 Å². The molecular formula is C25H25N. The Bertz CT molecular complexity index is 983. The van der Waals surface area contributed by atoms with Crippen molar-refractivity contribution < 1.29 is 0 Å². The Hall–Kier alpha value is -2.64. The van der Waals surface area contributed by atoms with Crippen molar-refractivity contribution in [3.8, 4) is 0 Å². The Morgan fingerprint density at radius 3 is 1.23 bits per heavy atom. The quantitative estimate of drug-likeness (QED) is 0.216. The molecule has 0 bridgehead atoms. The second-order valence-electron chi connectivity index (χ2n) is 6.91. The number of fused-ring (bicyclic) bond motifs is 2. The number of unbranched alkanes of at least 4 members (excludes halogenated alkanes) is 2. The van der Waals surface area contributed by atoms with Gasteiger partial charge in [0, 0.05) is 0 Å². The third-order valence-corrected chi connectivity index (χ3v) is 5.20. The second-order valence-corrected chi connectivity index (χ2v) is 6.91. The highest BCUT2D eigenvalue weighted by Gasteiger charge is 2.11. The van der Waals surface area contributed by atoms with E-state index in [1.54, 1.807) is 0 Å². The van der Waals surface area contributed by atoms with Gasteiger partial charge in [-0.3, -0.25) is 0 Å². The zero-order valence-corrected chi connectivity index (χ0v) is 15.3. The molecule has 2 N–H and O–H groups in total. The summed E-state index contributed by atoms with van der Waals surface area (Å²) in [5, 5.41) is 10.9. The Balaban J connectivity index is 0.000000246. The van der Waals surface area contributed by atoms with Crippen LogP contribution in [0, 0.1) is 0 Å². The van der Waals surface area contributed by atoms with Crippen molar-refractivity contribution in [1.29, 1.82) is 0 Å². The molecule has 0 saturated carbocycles. The van der Waals surface area contributed by atoms with E-state index in [9.17, 15) is 0 Å². The first kappa shape index (κ1) is 16.8. The molecule has 130 valence electrons. The second kappa shape index (κ2) is 7.31. The van der Waals surface area contributed by atoms with Crippen molar-refractivity contribution in [3.63, 3.8) is 0 Å². The predicted octanol–water partition coefficient (Wildman–Crippen LogP) is 6.87. The van der Waals surface area contributed by atoms with Gasteiger partial charge in [0.1, 0.15) is 0 Å². The van der Waals surface area contributed by atoms with Crippen LogP contribution in [0.1, 0.15) is 26.2 Å². The van der Waals surface area contributed by atoms with E-state index in [4.69, 9.17) is 5.73 Å². The average Bonchev–Trinajstić information content (AvgIpc) is 2.70. The molecule has 0 aliphatic carbocycles. The SMILES string of the molecule is CCCCCN.c1cc2cccc3c4cccc5cccc(c(c1)c23)c54. The van der Waals surface area contributed by atoms with Gasteiger partial charge in [-0.1, -0.05) is 92.6 Å². The lowest BCUT2D eigenvalue weighted by atomic mass is 9.90. The fraction of sp³-hybridized carbons (Fsp3) is 0.200. The third-order valence-electron chi connectivity index (χ3n) is 5.20. The summed E-state index contributed by atoms with van der Waals surface area (Å²) < 4.78 is 0. The summed E-state index contributed by atoms with van der Waals surface area (Å²) in [5.41, 5.74) is 5.21. The summed E-state index contributed by atoms with van der Waals surface area (Å²) in [4.78, 5) is 0. The van der Waals surface area contributed by atoms with Crippen LogP contribution in [0.5, 0.6) is 0 Å². The zero-order chi connectivity index (χ0) is 17.9. The predicted molar refractivity (Wildman–Crippen MR) is 116 cm³/mol. The van der Waals surface area contributed by atoms with Crippen molar-refractivity contribution in [2.45, 2.75) is 26.2 Å². The van der Waals surface area contributed by atoms with Crippen LogP contribution < -0.4 is 5.73 Å². The summed E-state index contributed by atoms with van der Waals surface area (Å²) in [5.74, 6) is 0. The topological polar surface area (TPSA) is 26.0 Å². The number of rotatable bonds is 3. The molecule has 5 aromatic carbocycles. The number of hydrogen-bond acceptors (Lipinski definition) is 1. The van der Waals surface area contributed by atoms with Gasteiger partial charge in [0.25, 0.3) is 0 Å². The van der Waals surface area contributed by atoms with Gasteiger partial charge in [0.05, 0.1) is 0 Å². The Morgan fingerprint density at radius 2 is 0.962 bits per heavy atom. The molecule has 0 spiro atoms. The van der Waals surface area contributed by atoms with E-state index in [0.29, 0.717) is 0 Å². The van der Waals surface area contributed by atoms with Gasteiger partial charge in [-0.2, -0.15) is 0 Å². The maximum atomic E-state index is 5.21. The molecule has 26 heavy (non-hydrogen) atoms. The molecule has 0 aromatic heterocycles. The van der Waals surface area contributed by atoms with Gasteiger partial charge in [-0.25, -0.2) is 0 Å². The van der Waals surface area contributed by atoms with Crippen molar-refractivity contribution in [2.24, 2.45) is 5.73 Å². The van der Waals surface area contributed by atoms with Crippen LogP contribution in [0.2, 0.25) is 0 Å². The third kappa shape index (κ3) is 2.79. The smallest absolute Gasteiger partial charge is 0.00264 e. The average molecular weight is 339 g/mol. The summed E-state index contributed by atoms with van der Waals surface area (Å²) in [6.07, 6.45) is 3.75. The highest BCUT2D eigenvalue weighted by Crippen LogP contribution is 2.39. The molecule has 1 heteroatoms. The standard InChI is InChI=1S/C20H12.C5H13N/c1-5-13-6-2-11-17-18-12-4-8-14-7-3-10-16(20(14)18)15(9-1)19(13)17;1-2-3-4-5-6/h1-12H;2-6H2,1H3. The maximum absolute atomic E-state index is 5.21. The first-order chi connectivity index (χ1) is 12.8. The highest BCUT2D eigenvalue weighted by molar-refractivity contribution is 6.32. The summed E-state index contributed by atoms with van der Waals surface area (Å²) in [6, 6.07) is 26.4. The fourth-order valence-corrected chi connectivity index (χ4v) is 3.97. The molecule has 0 amide bonds. The minimum absolute atomic E-state index is 0.855. The Kier molecular flexibility index (Phi) is 4.73. The molecule has 0 fully saturated rings. The van der Waals surface area contributed by atoms with E-state index in [1.165, 1.54) is 62.4 Å². The first-order valence-electron chi connectivity index (χ1n) is 9.59. The van der Waals surface area contributed by atoms with Gasteiger partial charge < -0.3 is 5.73 Å². The minimum atomic E-state index is 0.855. The molecule has 0 heterocycles. The maximum Gasteiger partial charge on any atom is -0.00264 e. The lowest BCUT2D eigenvalue weighted by Gasteiger charge is -2.13. The molecule has 1 nitrogen and oxygen atoms in total. The van der Waals surface area contributed by atoms with E-state index in [2.05, 4.69) is 79.7 Å². The molecule has 0 unspecified atom stereocenters. The molecule has 5 aromatic rings. The van der Waals surface area contributed by atoms with Crippen molar-refractivity contribution >= 4 is 43.1 Å². The van der Waals surface area contributed by atoms with Gasteiger partial charge in [0.2, 0.25) is 0 Å². The summed E-state index contributed by atoms with van der Waals surface area (Å²) in [7, 11) is 0. The number of hydrogen-bond donors (Lipinski definition) is 1. The number of benzene rings is 5. The monoisotopic (exact) mass is 339 g/mol. The molecule has 0 radical (unpaired) electrons. The first-order valence-corrected chi connectivity index (χ1v) is 9.59. The van der Waals surface area contributed by atoms with E-state index in [-0.39, 0.29) is 0 Å². The molecule has 5 rings (SSSR count). The normalized spacial score (nSPS) is 11.3. The van der Waals surface area contributed by atoms with Crippen molar-refractivity contribution in [2.75, 3.05) is 6.54 Å². The van der Waals surface area contributed by atoms with Crippen LogP contribution in [0.4, 0.5) is 0 Å². The Labute approximate surface area is 154 Å². The summed E-state index contributed by atoms with van der Waals surface area (Å²) in [6.45, 7) is 3.03. The lowest BCUT2D eigenvalue weighted by molar-refractivity contribution is 0.727. The van der Waals surface area contributed by atoms with Gasteiger partial charge in [0.15, 0.2) is 0 Å². The van der Waals surface area contributed by atoms with Gasteiger partial charge in [-0.05, 0) is 56.1 Å². The van der Waals surface area contributed by atoms with Gasteiger partial charge in [-0.15, -0.1) is 0 Å². The van der Waals surface area contributed by atoms with Crippen LogP contribution in [-0.4, -0.2) is 6.54 Å². The van der Waals surface area contributed by atoms with Crippen molar-refractivity contribution in [3.05, 3.63) is 72.8 Å². The largest absolute Gasteiger partial charge is 0.330 e. The molecule has 0 saturated heterocycles. The molecule has 0 aliphatic heterocycles. The lowest BCUT2D eigenvalue weighted by Crippen LogP contribution is -1.96. The molecular weight excluding hydrogens is 314 g/mol. The summed E-state index contributed by atoms with van der Waals surface area (Å²) >= 11 is 0. The number of nitrogens with two attached hydrogens (primary N) is 1.